The van der Waals surface area contributed by atoms with E-state index in [1.165, 1.54) is 0 Å². The van der Waals surface area contributed by atoms with Crippen LogP contribution < -0.4 is 10.2 Å². The summed E-state index contributed by atoms with van der Waals surface area (Å²) in [5.74, 6) is 1.02. The fourth-order valence-electron chi connectivity index (χ4n) is 2.70. The van der Waals surface area contributed by atoms with E-state index >= 15 is 0 Å². The molecule has 0 saturated carbocycles. The third-order valence-corrected chi connectivity index (χ3v) is 3.80. The molecule has 21 heavy (non-hydrogen) atoms. The highest BCUT2D eigenvalue weighted by molar-refractivity contribution is 5.75. The molecule has 3 rings (SSSR count). The summed E-state index contributed by atoms with van der Waals surface area (Å²) >= 11 is 0. The number of aryl methyl sites for hydroxylation is 1. The predicted molar refractivity (Wildman–Crippen MR) is 78.8 cm³/mol. The van der Waals surface area contributed by atoms with E-state index in [4.69, 9.17) is 0 Å². The largest absolute Gasteiger partial charge is 0.352 e. The number of nitrogens with one attached hydrogen (secondary N) is 1. The molecule has 0 aliphatic carbocycles. The van der Waals surface area contributed by atoms with E-state index in [0.717, 1.165) is 31.9 Å². The Morgan fingerprint density at radius 1 is 1.33 bits per heavy atom. The molecule has 2 aromatic heterocycles. The Balaban J connectivity index is 1.47. The summed E-state index contributed by atoms with van der Waals surface area (Å²) in [4.78, 5) is 18.6. The van der Waals surface area contributed by atoms with Gasteiger partial charge in [-0.15, -0.1) is 0 Å². The van der Waals surface area contributed by atoms with Gasteiger partial charge in [-0.25, -0.2) is 4.98 Å². The zero-order chi connectivity index (χ0) is 14.7. The number of aromatic nitrogens is 4. The fraction of sp³-hybridized carbons (Fsp3) is 0.500. The first-order chi connectivity index (χ1) is 10.2. The summed E-state index contributed by atoms with van der Waals surface area (Å²) in [7, 11) is 2.00. The van der Waals surface area contributed by atoms with Crippen LogP contribution in [0.3, 0.4) is 0 Å². The Labute approximate surface area is 123 Å². The van der Waals surface area contributed by atoms with Crippen molar-refractivity contribution in [1.29, 1.82) is 0 Å². The number of hydrogen-bond acceptors (Lipinski definition) is 4. The van der Waals surface area contributed by atoms with Crippen molar-refractivity contribution < 1.29 is 4.79 Å². The van der Waals surface area contributed by atoms with Gasteiger partial charge < -0.3 is 14.8 Å². The molecule has 0 unspecified atom stereocenters. The molecule has 112 valence electrons. The third-order valence-electron chi connectivity index (χ3n) is 3.80. The maximum Gasteiger partial charge on any atom is 0.241 e. The minimum Gasteiger partial charge on any atom is -0.352 e. The maximum absolute atomic E-state index is 11.9. The predicted octanol–water partition coefficient (Wildman–Crippen LogP) is 0.402. The Bertz CT molecular complexity index is 582. The van der Waals surface area contributed by atoms with Crippen molar-refractivity contribution in [3.63, 3.8) is 0 Å². The van der Waals surface area contributed by atoms with E-state index in [9.17, 15) is 4.79 Å². The van der Waals surface area contributed by atoms with E-state index in [2.05, 4.69) is 20.3 Å². The standard InChI is InChI=1S/C14H20N6O/c1-18-10-6-15-14(18)19-8-3-12(4-9-19)17-13(21)11-20-7-2-5-16-20/h2,5-7,10,12H,3-4,8-9,11H2,1H3,(H,17,21). The van der Waals surface area contributed by atoms with Gasteiger partial charge in [0, 0.05) is 51.0 Å². The van der Waals surface area contributed by atoms with Gasteiger partial charge in [-0.2, -0.15) is 5.10 Å². The highest BCUT2D eigenvalue weighted by Crippen LogP contribution is 2.17. The van der Waals surface area contributed by atoms with Crippen LogP contribution in [0.1, 0.15) is 12.8 Å². The first-order valence-corrected chi connectivity index (χ1v) is 7.21. The summed E-state index contributed by atoms with van der Waals surface area (Å²) in [5.41, 5.74) is 0. The smallest absolute Gasteiger partial charge is 0.241 e. The quantitative estimate of drug-likeness (QED) is 0.884. The number of anilines is 1. The van der Waals surface area contributed by atoms with Crippen molar-refractivity contribution in [3.8, 4) is 0 Å². The molecule has 1 aliphatic rings. The van der Waals surface area contributed by atoms with Gasteiger partial charge in [0.15, 0.2) is 0 Å². The molecule has 2 aromatic rings. The molecular weight excluding hydrogens is 268 g/mol. The van der Waals surface area contributed by atoms with Gasteiger partial charge in [0.1, 0.15) is 6.54 Å². The first-order valence-electron chi connectivity index (χ1n) is 7.21. The number of carbonyl (C=O) groups is 1. The Morgan fingerprint density at radius 3 is 2.76 bits per heavy atom. The second-order valence-corrected chi connectivity index (χ2v) is 5.37. The monoisotopic (exact) mass is 288 g/mol. The first kappa shape index (κ1) is 13.7. The Hall–Kier alpha value is -2.31. The van der Waals surface area contributed by atoms with E-state index in [-0.39, 0.29) is 18.5 Å². The van der Waals surface area contributed by atoms with Gasteiger partial charge in [-0.1, -0.05) is 0 Å². The molecule has 1 fully saturated rings. The van der Waals surface area contributed by atoms with Crippen LogP contribution in [0.25, 0.3) is 0 Å². The van der Waals surface area contributed by atoms with Crippen LogP contribution in [0.5, 0.6) is 0 Å². The molecule has 1 saturated heterocycles. The third kappa shape index (κ3) is 3.24. The molecule has 0 atom stereocenters. The summed E-state index contributed by atoms with van der Waals surface area (Å²) in [6.07, 6.45) is 9.12. The average Bonchev–Trinajstić information content (AvgIpc) is 3.11. The molecule has 3 heterocycles. The Morgan fingerprint density at radius 2 is 2.14 bits per heavy atom. The van der Waals surface area contributed by atoms with Crippen molar-refractivity contribution in [3.05, 3.63) is 30.9 Å². The molecular formula is C14H20N6O. The summed E-state index contributed by atoms with van der Waals surface area (Å²) in [6, 6.07) is 2.06. The lowest BCUT2D eigenvalue weighted by Gasteiger charge is -2.33. The van der Waals surface area contributed by atoms with Crippen molar-refractivity contribution in [1.82, 2.24) is 24.6 Å². The lowest BCUT2D eigenvalue weighted by molar-refractivity contribution is -0.122. The van der Waals surface area contributed by atoms with E-state index in [1.807, 2.05) is 30.1 Å². The van der Waals surface area contributed by atoms with Crippen molar-refractivity contribution in [2.24, 2.45) is 7.05 Å². The van der Waals surface area contributed by atoms with E-state index < -0.39 is 0 Å². The van der Waals surface area contributed by atoms with E-state index in [1.54, 1.807) is 17.1 Å². The van der Waals surface area contributed by atoms with Gasteiger partial charge in [-0.3, -0.25) is 9.48 Å². The van der Waals surface area contributed by atoms with Crippen molar-refractivity contribution >= 4 is 11.9 Å². The lowest BCUT2D eigenvalue weighted by Crippen LogP contribution is -2.46. The van der Waals surface area contributed by atoms with Crippen LogP contribution in [0, 0.1) is 0 Å². The minimum absolute atomic E-state index is 0.0224. The molecule has 0 aromatic carbocycles. The van der Waals surface area contributed by atoms with Crippen LogP contribution in [0.15, 0.2) is 30.9 Å². The highest BCUT2D eigenvalue weighted by Gasteiger charge is 2.22. The lowest BCUT2D eigenvalue weighted by atomic mass is 10.1. The summed E-state index contributed by atoms with van der Waals surface area (Å²) < 4.78 is 3.66. The molecule has 7 nitrogen and oxygen atoms in total. The van der Waals surface area contributed by atoms with Gasteiger partial charge in [0.25, 0.3) is 0 Å². The molecule has 1 aliphatic heterocycles. The Kier molecular flexibility index (Phi) is 3.89. The average molecular weight is 288 g/mol. The van der Waals surface area contributed by atoms with Crippen LogP contribution in [-0.4, -0.2) is 44.4 Å². The van der Waals surface area contributed by atoms with Crippen LogP contribution in [0.4, 0.5) is 5.95 Å². The number of rotatable bonds is 4. The van der Waals surface area contributed by atoms with Crippen LogP contribution in [-0.2, 0) is 18.4 Å². The zero-order valence-electron chi connectivity index (χ0n) is 12.1. The minimum atomic E-state index is 0.0224. The molecule has 0 radical (unpaired) electrons. The van der Waals surface area contributed by atoms with Crippen LogP contribution >= 0.6 is 0 Å². The molecule has 0 spiro atoms. The SMILES string of the molecule is Cn1ccnc1N1CCC(NC(=O)Cn2cccn2)CC1. The molecule has 7 heteroatoms. The number of amides is 1. The topological polar surface area (TPSA) is 68.0 Å². The molecule has 1 N–H and O–H groups in total. The maximum atomic E-state index is 11.9. The van der Waals surface area contributed by atoms with Gasteiger partial charge in [-0.05, 0) is 18.9 Å². The summed E-state index contributed by atoms with van der Waals surface area (Å²) in [5, 5.41) is 7.13. The van der Waals surface area contributed by atoms with Gasteiger partial charge in [0.2, 0.25) is 11.9 Å². The molecule has 1 amide bonds. The fourth-order valence-corrected chi connectivity index (χ4v) is 2.70. The number of nitrogens with zero attached hydrogens (tertiary/aromatic N) is 5. The van der Waals surface area contributed by atoms with E-state index in [0.29, 0.717) is 0 Å². The van der Waals surface area contributed by atoms with Crippen molar-refractivity contribution in [2.45, 2.75) is 25.4 Å². The number of hydrogen-bond donors (Lipinski definition) is 1. The van der Waals surface area contributed by atoms with Gasteiger partial charge in [0.05, 0.1) is 0 Å². The number of imidazole rings is 1. The normalized spacial score (nSPS) is 16.1. The van der Waals surface area contributed by atoms with Gasteiger partial charge >= 0.3 is 0 Å². The number of piperidine rings is 1. The second-order valence-electron chi connectivity index (χ2n) is 5.37. The zero-order valence-corrected chi connectivity index (χ0v) is 12.1. The van der Waals surface area contributed by atoms with Crippen LogP contribution in [0.2, 0.25) is 0 Å². The highest BCUT2D eigenvalue weighted by atomic mass is 16.2. The van der Waals surface area contributed by atoms with Crippen molar-refractivity contribution in [2.75, 3.05) is 18.0 Å². The number of carbonyl (C=O) groups excluding carboxylic acids is 1. The summed E-state index contributed by atoms with van der Waals surface area (Å²) in [6.45, 7) is 2.11. The second kappa shape index (κ2) is 5.99. The molecule has 0 bridgehead atoms.